The molecule has 0 radical (unpaired) electrons. The van der Waals surface area contributed by atoms with Crippen LogP contribution in [0, 0.1) is 6.92 Å². The van der Waals surface area contributed by atoms with E-state index in [0.717, 1.165) is 0 Å². The van der Waals surface area contributed by atoms with Crippen LogP contribution in [0.1, 0.15) is 134 Å². The highest BCUT2D eigenvalue weighted by atomic mass is 15.2. The van der Waals surface area contributed by atoms with Crippen LogP contribution in [0.15, 0.2) is 66.7 Å². The van der Waals surface area contributed by atoms with Gasteiger partial charge in [0.1, 0.15) is 0 Å². The van der Waals surface area contributed by atoms with Crippen LogP contribution in [0.5, 0.6) is 0 Å². The summed E-state index contributed by atoms with van der Waals surface area (Å²) < 4.78 is 0. The Bertz CT molecular complexity index is 1950. The van der Waals surface area contributed by atoms with Gasteiger partial charge in [-0.2, -0.15) is 0 Å². The second-order valence-corrected chi connectivity index (χ2v) is 18.4. The summed E-state index contributed by atoms with van der Waals surface area (Å²) in [5.74, 6) is 0. The van der Waals surface area contributed by atoms with Crippen LogP contribution in [0.25, 0.3) is 0 Å². The van der Waals surface area contributed by atoms with E-state index in [4.69, 9.17) is 0 Å². The Labute approximate surface area is 278 Å². The molecule has 0 aromatic heterocycles. The third kappa shape index (κ3) is 4.01. The third-order valence-corrected chi connectivity index (χ3v) is 13.1. The van der Waals surface area contributed by atoms with Gasteiger partial charge in [-0.1, -0.05) is 117 Å². The summed E-state index contributed by atoms with van der Waals surface area (Å²) in [7, 11) is 0. The van der Waals surface area contributed by atoms with Crippen LogP contribution >= 0.6 is 0 Å². The number of hydrogen-bond acceptors (Lipinski definition) is 1. The Hall–Kier alpha value is -3.26. The Kier molecular flexibility index (Phi) is 6.03. The first-order valence-electron chi connectivity index (χ1n) is 17.8. The molecule has 2 aliphatic carbocycles. The van der Waals surface area contributed by atoms with Gasteiger partial charge in [-0.3, -0.25) is 0 Å². The Balaban J connectivity index is 1.49. The average Bonchev–Trinajstić information content (AvgIpc) is 2.99. The van der Waals surface area contributed by atoms with Crippen LogP contribution in [-0.4, -0.2) is 6.71 Å². The molecule has 1 nitrogen and oxygen atoms in total. The fraction of sp³-hybridized carbons (Fsp3) is 0.455. The van der Waals surface area contributed by atoms with Gasteiger partial charge in [0.05, 0.1) is 0 Å². The zero-order valence-corrected chi connectivity index (χ0v) is 30.2. The fourth-order valence-corrected chi connectivity index (χ4v) is 9.89. The molecule has 0 spiro atoms. The van der Waals surface area contributed by atoms with Crippen molar-refractivity contribution in [2.24, 2.45) is 0 Å². The van der Waals surface area contributed by atoms with Gasteiger partial charge in [0.2, 0.25) is 6.71 Å². The zero-order chi connectivity index (χ0) is 32.8. The lowest BCUT2D eigenvalue weighted by molar-refractivity contribution is 0.332. The van der Waals surface area contributed by atoms with E-state index in [1.54, 1.807) is 5.56 Å². The summed E-state index contributed by atoms with van der Waals surface area (Å²) in [4.78, 5) is 2.68. The number of aryl methyl sites for hydroxylation is 1. The van der Waals surface area contributed by atoms with E-state index in [9.17, 15) is 0 Å². The summed E-state index contributed by atoms with van der Waals surface area (Å²) >= 11 is 0. The van der Waals surface area contributed by atoms with Crippen molar-refractivity contribution in [2.45, 2.75) is 129 Å². The SMILES string of the molecule is Cc1cc2c3c(c1)C(C)(C)c1ccccc1B3c1cc3c(cc1N2c1ccc2c(c1)C(C)(C)CCC2(C)C)C(C)(C)CCC3(C)C. The predicted molar refractivity (Wildman–Crippen MR) is 200 cm³/mol. The standard InChI is InChI=1S/C44H52BN/c1-27-22-34-39-38(23-27)46(28-16-17-29-31(24-28)41(4,5)19-18-40(29,2)3)37-26-33-32(42(6,7)20-21-43(33,8)9)25-36(37)45(39)35-15-13-12-14-30(35)44(34,10)11/h12-17,22-26H,18-21H2,1-11H3. The maximum Gasteiger partial charge on any atom is 0.247 e. The molecule has 2 aliphatic heterocycles. The van der Waals surface area contributed by atoms with E-state index in [1.807, 2.05) is 0 Å². The first-order chi connectivity index (χ1) is 21.4. The molecule has 8 rings (SSSR count). The van der Waals surface area contributed by atoms with E-state index in [1.165, 1.54) is 92.5 Å². The molecule has 0 atom stereocenters. The molecule has 0 N–H and O–H groups in total. The van der Waals surface area contributed by atoms with Crippen LogP contribution < -0.4 is 21.3 Å². The van der Waals surface area contributed by atoms with Gasteiger partial charge >= 0.3 is 0 Å². The van der Waals surface area contributed by atoms with Gasteiger partial charge in [0.15, 0.2) is 0 Å². The molecular weight excluding hydrogens is 553 g/mol. The molecule has 236 valence electrons. The van der Waals surface area contributed by atoms with Crippen molar-refractivity contribution in [1.29, 1.82) is 0 Å². The molecule has 4 aromatic carbocycles. The molecule has 2 heterocycles. The summed E-state index contributed by atoms with van der Waals surface area (Å²) in [5.41, 5.74) is 19.5. The largest absolute Gasteiger partial charge is 0.311 e. The summed E-state index contributed by atoms with van der Waals surface area (Å²) in [6.45, 7) is 27.1. The molecule has 0 amide bonds. The normalized spacial score (nSPS) is 21.8. The van der Waals surface area contributed by atoms with Crippen LogP contribution in [-0.2, 0) is 27.1 Å². The van der Waals surface area contributed by atoms with E-state index >= 15 is 0 Å². The Morgan fingerprint density at radius 1 is 0.500 bits per heavy atom. The third-order valence-electron chi connectivity index (χ3n) is 13.1. The lowest BCUT2D eigenvalue weighted by atomic mass is 9.30. The van der Waals surface area contributed by atoms with Crippen molar-refractivity contribution in [3.63, 3.8) is 0 Å². The minimum Gasteiger partial charge on any atom is -0.311 e. The van der Waals surface area contributed by atoms with E-state index in [0.29, 0.717) is 0 Å². The first kappa shape index (κ1) is 30.1. The number of nitrogens with zero attached hydrogens (tertiary/aromatic N) is 1. The second-order valence-electron chi connectivity index (χ2n) is 18.4. The van der Waals surface area contributed by atoms with E-state index < -0.39 is 0 Å². The molecule has 0 saturated heterocycles. The predicted octanol–water partition coefficient (Wildman–Crippen LogP) is 9.63. The molecule has 0 saturated carbocycles. The highest BCUT2D eigenvalue weighted by molar-refractivity contribution is 6.99. The van der Waals surface area contributed by atoms with Crippen molar-refractivity contribution in [3.8, 4) is 0 Å². The quantitative estimate of drug-likeness (QED) is 0.172. The van der Waals surface area contributed by atoms with Crippen molar-refractivity contribution < 1.29 is 0 Å². The maximum atomic E-state index is 2.68. The Morgan fingerprint density at radius 3 is 1.72 bits per heavy atom. The lowest BCUT2D eigenvalue weighted by Gasteiger charge is -2.48. The van der Waals surface area contributed by atoms with Crippen molar-refractivity contribution in [3.05, 3.63) is 106 Å². The Morgan fingerprint density at radius 2 is 1.07 bits per heavy atom. The number of benzene rings is 4. The van der Waals surface area contributed by atoms with Gasteiger partial charge < -0.3 is 4.90 Å². The summed E-state index contributed by atoms with van der Waals surface area (Å²) in [5, 5.41) is 0. The molecular formula is C44H52BN. The van der Waals surface area contributed by atoms with Crippen LogP contribution in [0.2, 0.25) is 0 Å². The first-order valence-corrected chi connectivity index (χ1v) is 17.8. The molecule has 4 aromatic rings. The molecule has 2 heteroatoms. The van der Waals surface area contributed by atoms with E-state index in [-0.39, 0.29) is 33.8 Å². The van der Waals surface area contributed by atoms with Gasteiger partial charge in [0.25, 0.3) is 0 Å². The molecule has 46 heavy (non-hydrogen) atoms. The fourth-order valence-electron chi connectivity index (χ4n) is 9.89. The molecule has 4 aliphatic rings. The van der Waals surface area contributed by atoms with E-state index in [2.05, 4.69) is 148 Å². The van der Waals surface area contributed by atoms with Gasteiger partial charge in [0, 0.05) is 22.5 Å². The highest BCUT2D eigenvalue weighted by Crippen LogP contribution is 2.52. The average molecular weight is 606 g/mol. The number of hydrogen-bond donors (Lipinski definition) is 0. The minimum absolute atomic E-state index is 0.0797. The van der Waals surface area contributed by atoms with Crippen molar-refractivity contribution in [2.75, 3.05) is 4.90 Å². The maximum absolute atomic E-state index is 2.68. The minimum atomic E-state index is -0.0797. The zero-order valence-electron chi connectivity index (χ0n) is 30.2. The molecule has 0 fully saturated rings. The molecule has 0 bridgehead atoms. The summed E-state index contributed by atoms with van der Waals surface area (Å²) in [6, 6.07) is 27.1. The van der Waals surface area contributed by atoms with Crippen LogP contribution in [0.3, 0.4) is 0 Å². The number of rotatable bonds is 1. The second kappa shape index (κ2) is 9.21. The topological polar surface area (TPSA) is 3.24 Å². The number of anilines is 3. The van der Waals surface area contributed by atoms with Gasteiger partial charge in [-0.25, -0.2) is 0 Å². The van der Waals surface area contributed by atoms with Gasteiger partial charge in [-0.15, -0.1) is 0 Å². The lowest BCUT2D eigenvalue weighted by Crippen LogP contribution is -2.64. The smallest absolute Gasteiger partial charge is 0.247 e. The monoisotopic (exact) mass is 605 g/mol. The number of fused-ring (bicyclic) bond motifs is 6. The van der Waals surface area contributed by atoms with Gasteiger partial charge in [-0.05, 0) is 128 Å². The molecule has 0 unspecified atom stereocenters. The highest BCUT2D eigenvalue weighted by Gasteiger charge is 2.48. The van der Waals surface area contributed by atoms with Crippen LogP contribution in [0.4, 0.5) is 17.1 Å². The van der Waals surface area contributed by atoms with Crippen molar-refractivity contribution in [1.82, 2.24) is 0 Å². The van der Waals surface area contributed by atoms with Crippen molar-refractivity contribution >= 4 is 40.2 Å². The summed E-state index contributed by atoms with van der Waals surface area (Å²) in [6.07, 6.45) is 4.89.